The first-order valence-electron chi connectivity index (χ1n) is 15.3. The number of methoxy groups -OCH3 is 1. The molecule has 1 saturated heterocycles. The maximum Gasteiger partial charge on any atom is 0.320 e. The van der Waals surface area contributed by atoms with Crippen molar-refractivity contribution >= 4 is 17.8 Å². The van der Waals surface area contributed by atoms with Gasteiger partial charge in [-0.25, -0.2) is 0 Å². The van der Waals surface area contributed by atoms with Gasteiger partial charge >= 0.3 is 5.97 Å². The zero-order valence-corrected chi connectivity index (χ0v) is 25.7. The number of nitrogens with zero attached hydrogens (tertiary/aromatic N) is 1. The molecular weight excluding hydrogens is 508 g/mol. The number of allylic oxidation sites excluding steroid dienone is 1. The molecule has 0 spiro atoms. The van der Waals surface area contributed by atoms with E-state index in [1.54, 1.807) is 4.90 Å². The molecule has 2 heterocycles. The summed E-state index contributed by atoms with van der Waals surface area (Å²) in [6.07, 6.45) is 11.8. The number of piperidine rings is 1. The quantitative estimate of drug-likeness (QED) is 0.186. The van der Waals surface area contributed by atoms with Gasteiger partial charge in [-0.1, -0.05) is 45.8 Å². The summed E-state index contributed by atoms with van der Waals surface area (Å²) in [6.45, 7) is 12.6. The van der Waals surface area contributed by atoms with E-state index in [4.69, 9.17) is 14.2 Å². The molecule has 4 atom stereocenters. The molecule has 8 heteroatoms. The first kappa shape index (κ1) is 32.3. The van der Waals surface area contributed by atoms with Crippen LogP contribution in [0.1, 0.15) is 98.8 Å². The lowest BCUT2D eigenvalue weighted by Crippen LogP contribution is -2.61. The standard InChI is InChI=1S/C32H52N2O6/c1-7-8-18-39-19-12-16-33-28(35)20-25-22-32(30(37)38-6)23(2)40-27(31(3,4)5)21-26(32)34(29(25)36)17-15-24-13-10-9-11-14-24/h13,21,23,25,27H,7-12,14-20,22H2,1-6H3,(H,33,35)/t23-,25+,27-,32+/m1/s1. The van der Waals surface area contributed by atoms with Gasteiger partial charge in [0, 0.05) is 44.3 Å². The fourth-order valence-corrected chi connectivity index (χ4v) is 6.11. The Morgan fingerprint density at radius 3 is 2.60 bits per heavy atom. The Morgan fingerprint density at radius 1 is 1.20 bits per heavy atom. The number of rotatable bonds is 13. The lowest BCUT2D eigenvalue weighted by Gasteiger charge is -2.53. The second-order valence-electron chi connectivity index (χ2n) is 12.7. The van der Waals surface area contributed by atoms with Crippen LogP contribution in [0.25, 0.3) is 0 Å². The highest BCUT2D eigenvalue weighted by Gasteiger charge is 2.60. The van der Waals surface area contributed by atoms with Crippen molar-refractivity contribution in [2.75, 3.05) is 33.4 Å². The van der Waals surface area contributed by atoms with Crippen LogP contribution >= 0.6 is 0 Å². The zero-order chi connectivity index (χ0) is 29.3. The minimum Gasteiger partial charge on any atom is -0.468 e. The highest BCUT2D eigenvalue weighted by Crippen LogP contribution is 2.52. The largest absolute Gasteiger partial charge is 0.468 e. The number of hydrogen-bond donors (Lipinski definition) is 1. The van der Waals surface area contributed by atoms with Gasteiger partial charge in [-0.05, 0) is 69.8 Å². The molecule has 0 aromatic heterocycles. The number of hydrogen-bond acceptors (Lipinski definition) is 6. The molecule has 1 N–H and O–H groups in total. The number of ether oxygens (including phenoxy) is 3. The van der Waals surface area contributed by atoms with Crippen molar-refractivity contribution in [3.63, 3.8) is 0 Å². The van der Waals surface area contributed by atoms with Crippen LogP contribution in [0.15, 0.2) is 23.4 Å². The SMILES string of the molecule is CCCCOCCCNC(=O)C[C@H]1C[C@@]2(C(=O)OC)C(=C[C@H](C(C)(C)C)O[C@@H]2C)N(CCC2=CCCCC2)C1=O. The van der Waals surface area contributed by atoms with E-state index in [1.807, 2.05) is 13.0 Å². The monoisotopic (exact) mass is 560 g/mol. The van der Waals surface area contributed by atoms with Crippen molar-refractivity contribution in [2.24, 2.45) is 16.7 Å². The topological polar surface area (TPSA) is 94.2 Å². The normalized spacial score (nSPS) is 27.0. The lowest BCUT2D eigenvalue weighted by molar-refractivity contribution is -0.180. The molecule has 226 valence electrons. The maximum atomic E-state index is 14.1. The van der Waals surface area contributed by atoms with E-state index in [-0.39, 0.29) is 36.2 Å². The van der Waals surface area contributed by atoms with Crippen LogP contribution in [0.3, 0.4) is 0 Å². The molecule has 0 aromatic rings. The van der Waals surface area contributed by atoms with Crippen molar-refractivity contribution in [1.29, 1.82) is 0 Å². The molecule has 3 aliphatic rings. The molecule has 0 unspecified atom stereocenters. The van der Waals surface area contributed by atoms with Gasteiger partial charge in [0.05, 0.1) is 19.3 Å². The van der Waals surface area contributed by atoms with Crippen molar-refractivity contribution < 1.29 is 28.6 Å². The van der Waals surface area contributed by atoms with E-state index in [0.717, 1.165) is 45.1 Å². The van der Waals surface area contributed by atoms with Crippen molar-refractivity contribution in [3.05, 3.63) is 23.4 Å². The van der Waals surface area contributed by atoms with E-state index in [2.05, 4.69) is 39.1 Å². The van der Waals surface area contributed by atoms with Crippen molar-refractivity contribution in [1.82, 2.24) is 10.2 Å². The first-order chi connectivity index (χ1) is 19.0. The van der Waals surface area contributed by atoms with Crippen LogP contribution in [0.5, 0.6) is 0 Å². The van der Waals surface area contributed by atoms with Crippen LogP contribution in [0, 0.1) is 16.7 Å². The van der Waals surface area contributed by atoms with Gasteiger partial charge in [-0.3, -0.25) is 14.4 Å². The minimum absolute atomic E-state index is 0.0240. The van der Waals surface area contributed by atoms with E-state index in [0.29, 0.717) is 31.8 Å². The number of unbranched alkanes of at least 4 members (excludes halogenated alkanes) is 1. The van der Waals surface area contributed by atoms with Crippen LogP contribution in [-0.2, 0) is 28.6 Å². The van der Waals surface area contributed by atoms with Crippen LogP contribution < -0.4 is 5.32 Å². The van der Waals surface area contributed by atoms with E-state index < -0.39 is 23.4 Å². The molecular formula is C32H52N2O6. The lowest BCUT2D eigenvalue weighted by atomic mass is 9.65. The third-order valence-electron chi connectivity index (χ3n) is 8.59. The van der Waals surface area contributed by atoms with Gasteiger partial charge in [-0.2, -0.15) is 0 Å². The van der Waals surface area contributed by atoms with E-state index in [9.17, 15) is 14.4 Å². The smallest absolute Gasteiger partial charge is 0.320 e. The van der Waals surface area contributed by atoms with Crippen LogP contribution in [-0.4, -0.2) is 68.3 Å². The Labute approximate surface area is 241 Å². The summed E-state index contributed by atoms with van der Waals surface area (Å²) in [5.74, 6) is -1.34. The highest BCUT2D eigenvalue weighted by molar-refractivity contribution is 5.92. The summed E-state index contributed by atoms with van der Waals surface area (Å²) < 4.78 is 17.4. The van der Waals surface area contributed by atoms with Crippen molar-refractivity contribution in [3.8, 4) is 0 Å². The third-order valence-corrected chi connectivity index (χ3v) is 8.59. The van der Waals surface area contributed by atoms with E-state index in [1.165, 1.54) is 19.1 Å². The fourth-order valence-electron chi connectivity index (χ4n) is 6.11. The third kappa shape index (κ3) is 7.75. The molecule has 1 aliphatic carbocycles. The predicted octanol–water partition coefficient (Wildman–Crippen LogP) is 5.32. The minimum atomic E-state index is -1.15. The first-order valence-corrected chi connectivity index (χ1v) is 15.3. The Bertz CT molecular complexity index is 952. The molecule has 0 aromatic carbocycles. The zero-order valence-electron chi connectivity index (χ0n) is 25.7. The van der Waals surface area contributed by atoms with Gasteiger partial charge in [0.1, 0.15) is 5.41 Å². The predicted molar refractivity (Wildman–Crippen MR) is 155 cm³/mol. The maximum absolute atomic E-state index is 14.1. The summed E-state index contributed by atoms with van der Waals surface area (Å²) in [5.41, 5.74) is 0.669. The number of likely N-dealkylation sites (tertiary alicyclic amines) is 1. The van der Waals surface area contributed by atoms with Gasteiger partial charge in [0.2, 0.25) is 11.8 Å². The van der Waals surface area contributed by atoms with Gasteiger partial charge in [0.25, 0.3) is 0 Å². The van der Waals surface area contributed by atoms with Gasteiger partial charge in [0.15, 0.2) is 0 Å². The van der Waals surface area contributed by atoms with Gasteiger partial charge < -0.3 is 24.4 Å². The number of nitrogens with one attached hydrogen (secondary N) is 1. The summed E-state index contributed by atoms with van der Waals surface area (Å²) >= 11 is 0. The number of amides is 2. The second-order valence-corrected chi connectivity index (χ2v) is 12.7. The number of esters is 1. The molecule has 1 fully saturated rings. The van der Waals surface area contributed by atoms with Gasteiger partial charge in [-0.15, -0.1) is 0 Å². The number of carbonyl (C=O) groups excluding carboxylic acids is 3. The molecule has 8 nitrogen and oxygen atoms in total. The summed E-state index contributed by atoms with van der Waals surface area (Å²) in [7, 11) is 1.38. The molecule has 0 bridgehead atoms. The highest BCUT2D eigenvalue weighted by atomic mass is 16.5. The number of carbonyl (C=O) groups is 3. The summed E-state index contributed by atoms with van der Waals surface area (Å²) in [4.78, 5) is 42.4. The molecule has 40 heavy (non-hydrogen) atoms. The Balaban J connectivity index is 1.84. The fraction of sp³-hybridized carbons (Fsp3) is 0.781. The molecule has 2 aliphatic heterocycles. The molecule has 3 rings (SSSR count). The molecule has 0 radical (unpaired) electrons. The average molecular weight is 561 g/mol. The molecule has 0 saturated carbocycles. The Kier molecular flexibility index (Phi) is 11.8. The van der Waals surface area contributed by atoms with Crippen molar-refractivity contribution in [2.45, 2.75) is 111 Å². The van der Waals surface area contributed by atoms with Crippen LogP contribution in [0.2, 0.25) is 0 Å². The number of fused-ring (bicyclic) bond motifs is 1. The van der Waals surface area contributed by atoms with Crippen LogP contribution in [0.4, 0.5) is 0 Å². The summed E-state index contributed by atoms with van der Waals surface area (Å²) in [5, 5.41) is 2.95. The Hall–Kier alpha value is -2.19. The average Bonchev–Trinajstić information content (AvgIpc) is 2.92. The summed E-state index contributed by atoms with van der Waals surface area (Å²) in [6, 6.07) is 0. The molecule has 2 amide bonds. The Morgan fingerprint density at radius 2 is 1.95 bits per heavy atom. The second kappa shape index (κ2) is 14.6. The van der Waals surface area contributed by atoms with E-state index >= 15 is 0 Å².